The van der Waals surface area contributed by atoms with Gasteiger partial charge in [-0.05, 0) is 36.8 Å². The van der Waals surface area contributed by atoms with Gasteiger partial charge >= 0.3 is 0 Å². The van der Waals surface area contributed by atoms with Crippen LogP contribution in [0.2, 0.25) is 0 Å². The number of methoxy groups -OCH3 is 1. The predicted octanol–water partition coefficient (Wildman–Crippen LogP) is 3.81. The highest BCUT2D eigenvalue weighted by molar-refractivity contribution is 6.07. The lowest BCUT2D eigenvalue weighted by atomic mass is 9.84. The maximum Gasteiger partial charge on any atom is 0.267 e. The zero-order valence-corrected chi connectivity index (χ0v) is 16.6. The second-order valence-corrected chi connectivity index (χ2v) is 7.81. The normalized spacial score (nSPS) is 19.0. The van der Waals surface area contributed by atoms with Crippen LogP contribution in [0.5, 0.6) is 5.75 Å². The van der Waals surface area contributed by atoms with Gasteiger partial charge < -0.3 is 14.9 Å². The molecular weight excluding hydrogens is 359 g/mol. The van der Waals surface area contributed by atoms with Crippen molar-refractivity contribution in [1.82, 2.24) is 5.32 Å². The number of oxime groups is 1. The molecule has 1 amide bonds. The van der Waals surface area contributed by atoms with Gasteiger partial charge in [-0.15, -0.1) is 0 Å². The molecule has 0 saturated heterocycles. The summed E-state index contributed by atoms with van der Waals surface area (Å²) in [6, 6.07) is 13.9. The molecule has 1 aliphatic rings. The molecule has 0 bridgehead atoms. The van der Waals surface area contributed by atoms with E-state index in [9.17, 15) is 9.18 Å². The second-order valence-electron chi connectivity index (χ2n) is 7.81. The molecule has 0 unspecified atom stereocenters. The SMILES string of the molecule is COc1ccccc1C1=NO[C@@](C)(C(=O)NCC(C)(C)c2cccc(F)c2)C1. The summed E-state index contributed by atoms with van der Waals surface area (Å²) in [5, 5.41) is 7.06. The number of carbonyl (C=O) groups excluding carboxylic acids is 1. The van der Waals surface area contributed by atoms with Gasteiger partial charge in [0.1, 0.15) is 11.6 Å². The summed E-state index contributed by atoms with van der Waals surface area (Å²) < 4.78 is 18.9. The van der Waals surface area contributed by atoms with Gasteiger partial charge in [0.05, 0.1) is 12.8 Å². The molecule has 28 heavy (non-hydrogen) atoms. The number of rotatable bonds is 6. The van der Waals surface area contributed by atoms with E-state index in [1.165, 1.54) is 12.1 Å². The molecule has 0 fully saturated rings. The molecule has 0 saturated carbocycles. The molecule has 0 radical (unpaired) electrons. The van der Waals surface area contributed by atoms with E-state index in [1.54, 1.807) is 20.1 Å². The summed E-state index contributed by atoms with van der Waals surface area (Å²) in [5.74, 6) is 0.130. The van der Waals surface area contributed by atoms with E-state index in [4.69, 9.17) is 9.57 Å². The van der Waals surface area contributed by atoms with Crippen LogP contribution in [-0.4, -0.2) is 30.9 Å². The summed E-state index contributed by atoms with van der Waals surface area (Å²) in [5.41, 5.74) is 0.755. The molecule has 1 aliphatic heterocycles. The van der Waals surface area contributed by atoms with Crippen LogP contribution in [0, 0.1) is 5.82 Å². The van der Waals surface area contributed by atoms with E-state index in [-0.39, 0.29) is 11.7 Å². The average molecular weight is 384 g/mol. The number of hydrogen-bond donors (Lipinski definition) is 1. The smallest absolute Gasteiger partial charge is 0.267 e. The van der Waals surface area contributed by atoms with Gasteiger partial charge in [-0.1, -0.05) is 43.3 Å². The number of amides is 1. The van der Waals surface area contributed by atoms with E-state index in [0.717, 1.165) is 11.1 Å². The molecule has 5 nitrogen and oxygen atoms in total. The van der Waals surface area contributed by atoms with Crippen molar-refractivity contribution in [3.63, 3.8) is 0 Å². The second kappa shape index (κ2) is 7.62. The molecule has 0 aromatic heterocycles. The molecule has 2 aromatic carbocycles. The van der Waals surface area contributed by atoms with Crippen molar-refractivity contribution in [2.75, 3.05) is 13.7 Å². The Hall–Kier alpha value is -2.89. The molecule has 3 rings (SSSR count). The third kappa shape index (κ3) is 4.01. The zero-order valence-electron chi connectivity index (χ0n) is 16.6. The molecule has 6 heteroatoms. The van der Waals surface area contributed by atoms with Crippen LogP contribution in [-0.2, 0) is 15.0 Å². The first kappa shape index (κ1) is 19.9. The first-order valence-electron chi connectivity index (χ1n) is 9.18. The van der Waals surface area contributed by atoms with Crippen LogP contribution in [0.3, 0.4) is 0 Å². The van der Waals surface area contributed by atoms with E-state index in [1.807, 2.05) is 44.2 Å². The van der Waals surface area contributed by atoms with Crippen LogP contribution in [0.1, 0.15) is 38.3 Å². The van der Waals surface area contributed by atoms with Gasteiger partial charge in [0.15, 0.2) is 0 Å². The van der Waals surface area contributed by atoms with E-state index < -0.39 is 11.0 Å². The van der Waals surface area contributed by atoms with Gasteiger partial charge in [0.25, 0.3) is 5.91 Å². The average Bonchev–Trinajstić information content (AvgIpc) is 3.09. The van der Waals surface area contributed by atoms with Crippen LogP contribution in [0.4, 0.5) is 4.39 Å². The third-order valence-corrected chi connectivity index (χ3v) is 5.06. The monoisotopic (exact) mass is 384 g/mol. The molecule has 2 aromatic rings. The topological polar surface area (TPSA) is 59.9 Å². The molecular formula is C22H25FN2O3. The number of ether oxygens (including phenoxy) is 1. The van der Waals surface area contributed by atoms with E-state index >= 15 is 0 Å². The number of halogens is 1. The Morgan fingerprint density at radius 3 is 2.75 bits per heavy atom. The summed E-state index contributed by atoms with van der Waals surface area (Å²) >= 11 is 0. The Balaban J connectivity index is 1.67. The number of hydrogen-bond acceptors (Lipinski definition) is 4. The van der Waals surface area contributed by atoms with Crippen molar-refractivity contribution in [3.8, 4) is 5.75 Å². The number of nitrogens with zero attached hydrogens (tertiary/aromatic N) is 1. The Morgan fingerprint density at radius 1 is 1.29 bits per heavy atom. The van der Waals surface area contributed by atoms with E-state index in [0.29, 0.717) is 24.4 Å². The van der Waals surface area contributed by atoms with Crippen molar-refractivity contribution < 1.29 is 18.8 Å². The highest BCUT2D eigenvalue weighted by Crippen LogP contribution is 2.31. The van der Waals surface area contributed by atoms with Crippen LogP contribution < -0.4 is 10.1 Å². The largest absolute Gasteiger partial charge is 0.496 e. The zero-order chi connectivity index (χ0) is 20.4. The van der Waals surface area contributed by atoms with Gasteiger partial charge in [0.2, 0.25) is 5.60 Å². The predicted molar refractivity (Wildman–Crippen MR) is 106 cm³/mol. The summed E-state index contributed by atoms with van der Waals surface area (Å²) in [7, 11) is 1.59. The fourth-order valence-corrected chi connectivity index (χ4v) is 3.19. The Kier molecular flexibility index (Phi) is 5.40. The van der Waals surface area contributed by atoms with Gasteiger partial charge in [-0.2, -0.15) is 0 Å². The first-order valence-corrected chi connectivity index (χ1v) is 9.18. The first-order chi connectivity index (χ1) is 13.2. The lowest BCUT2D eigenvalue weighted by Crippen LogP contribution is -2.48. The summed E-state index contributed by atoms with van der Waals surface area (Å²) in [4.78, 5) is 18.3. The minimum Gasteiger partial charge on any atom is -0.496 e. The Morgan fingerprint density at radius 2 is 2.04 bits per heavy atom. The number of carbonyl (C=O) groups is 1. The summed E-state index contributed by atoms with van der Waals surface area (Å²) in [6.07, 6.45) is 0.333. The van der Waals surface area contributed by atoms with Crippen molar-refractivity contribution >= 4 is 11.6 Å². The van der Waals surface area contributed by atoms with Crippen LogP contribution in [0.25, 0.3) is 0 Å². The van der Waals surface area contributed by atoms with Gasteiger partial charge in [-0.25, -0.2) is 4.39 Å². The fourth-order valence-electron chi connectivity index (χ4n) is 3.19. The molecule has 1 heterocycles. The van der Waals surface area contributed by atoms with Gasteiger partial charge in [0, 0.05) is 23.9 Å². The maximum absolute atomic E-state index is 13.5. The number of benzene rings is 2. The third-order valence-electron chi connectivity index (χ3n) is 5.06. The molecule has 148 valence electrons. The number of nitrogens with one attached hydrogen (secondary N) is 1. The van der Waals surface area contributed by atoms with Crippen LogP contribution in [0.15, 0.2) is 53.7 Å². The van der Waals surface area contributed by atoms with Gasteiger partial charge in [-0.3, -0.25) is 4.79 Å². The maximum atomic E-state index is 13.5. The minimum atomic E-state index is -1.10. The highest BCUT2D eigenvalue weighted by atomic mass is 19.1. The standard InChI is InChI=1S/C22H25FN2O3/c1-21(2,15-8-7-9-16(23)12-15)14-24-20(26)22(3)13-18(25-28-22)17-10-5-6-11-19(17)27-4/h5-12H,13-14H2,1-4H3,(H,24,26)/t22-/m1/s1. The molecule has 0 spiro atoms. The van der Waals surface area contributed by atoms with Crippen molar-refractivity contribution in [1.29, 1.82) is 0 Å². The summed E-state index contributed by atoms with van der Waals surface area (Å²) in [6.45, 7) is 5.97. The van der Waals surface area contributed by atoms with Crippen LogP contribution >= 0.6 is 0 Å². The lowest BCUT2D eigenvalue weighted by Gasteiger charge is -2.28. The molecule has 1 N–H and O–H groups in total. The van der Waals surface area contributed by atoms with E-state index in [2.05, 4.69) is 10.5 Å². The highest BCUT2D eigenvalue weighted by Gasteiger charge is 2.43. The number of para-hydroxylation sites is 1. The van der Waals surface area contributed by atoms with Crippen molar-refractivity contribution in [3.05, 3.63) is 65.5 Å². The Bertz CT molecular complexity index is 910. The quantitative estimate of drug-likeness (QED) is 0.824. The Labute approximate surface area is 164 Å². The molecule has 0 aliphatic carbocycles. The van der Waals surface area contributed by atoms with Crippen molar-refractivity contribution in [2.45, 2.75) is 38.2 Å². The lowest BCUT2D eigenvalue weighted by molar-refractivity contribution is -0.141. The molecule has 1 atom stereocenters. The van der Waals surface area contributed by atoms with Crippen molar-refractivity contribution in [2.24, 2.45) is 5.16 Å². The fraction of sp³-hybridized carbons (Fsp3) is 0.364. The minimum absolute atomic E-state index is 0.259.